The molecule has 4 rings (SSSR count). The standard InChI is InChI=1S/C23H24ClN5O4/c1-14-19(33-16-8-10-25-20(24)12-16)7-6-18(27-14)17-13-26-23(28-22(17)32-2)29(11-9-21(30)31)15-4-3-5-15/h6-8,10,12-13,15H,3-5,9,11H2,1-2H3,(H,30,31). The largest absolute Gasteiger partial charge is 0.481 e. The number of halogens is 1. The molecule has 10 heteroatoms. The van der Waals surface area contributed by atoms with Crippen LogP contribution in [0.5, 0.6) is 17.4 Å². The number of methoxy groups -OCH3 is 1. The van der Waals surface area contributed by atoms with Crippen molar-refractivity contribution >= 4 is 23.5 Å². The Hall–Kier alpha value is -3.46. The summed E-state index contributed by atoms with van der Waals surface area (Å²) in [5.41, 5.74) is 1.94. The summed E-state index contributed by atoms with van der Waals surface area (Å²) < 4.78 is 11.4. The van der Waals surface area contributed by atoms with Crippen molar-refractivity contribution in [2.24, 2.45) is 0 Å². The maximum atomic E-state index is 11.1. The molecular formula is C23H24ClN5O4. The molecule has 0 bridgehead atoms. The molecule has 0 amide bonds. The van der Waals surface area contributed by atoms with E-state index in [0.717, 1.165) is 19.3 Å². The molecule has 1 N–H and O–H groups in total. The first kappa shape index (κ1) is 22.7. The maximum Gasteiger partial charge on any atom is 0.305 e. The van der Waals surface area contributed by atoms with Crippen LogP contribution in [0.2, 0.25) is 5.15 Å². The summed E-state index contributed by atoms with van der Waals surface area (Å²) in [6.07, 6.45) is 6.37. The average molecular weight is 470 g/mol. The second-order valence-corrected chi connectivity index (χ2v) is 8.10. The number of carboxylic acid groups (broad SMARTS) is 1. The van der Waals surface area contributed by atoms with Gasteiger partial charge in [0.25, 0.3) is 0 Å². The Labute approximate surface area is 196 Å². The molecular weight excluding hydrogens is 446 g/mol. The molecule has 0 unspecified atom stereocenters. The lowest BCUT2D eigenvalue weighted by Crippen LogP contribution is -2.42. The van der Waals surface area contributed by atoms with Gasteiger partial charge < -0.3 is 19.5 Å². The molecule has 0 radical (unpaired) electrons. The van der Waals surface area contributed by atoms with Crippen LogP contribution in [0, 0.1) is 6.92 Å². The molecule has 33 heavy (non-hydrogen) atoms. The fourth-order valence-electron chi connectivity index (χ4n) is 3.57. The highest BCUT2D eigenvalue weighted by atomic mass is 35.5. The number of hydrogen-bond acceptors (Lipinski definition) is 8. The van der Waals surface area contributed by atoms with Gasteiger partial charge in [-0.15, -0.1) is 0 Å². The first-order valence-corrected chi connectivity index (χ1v) is 11.0. The zero-order valence-electron chi connectivity index (χ0n) is 18.4. The van der Waals surface area contributed by atoms with Gasteiger partial charge in [-0.2, -0.15) is 4.98 Å². The van der Waals surface area contributed by atoms with Crippen LogP contribution in [0.4, 0.5) is 5.95 Å². The van der Waals surface area contributed by atoms with Gasteiger partial charge in [-0.25, -0.2) is 15.0 Å². The third-order valence-electron chi connectivity index (χ3n) is 5.51. The number of anilines is 1. The van der Waals surface area contributed by atoms with Crippen molar-refractivity contribution in [3.8, 4) is 28.6 Å². The van der Waals surface area contributed by atoms with Gasteiger partial charge in [-0.05, 0) is 44.4 Å². The van der Waals surface area contributed by atoms with Gasteiger partial charge in [-0.1, -0.05) is 11.6 Å². The maximum absolute atomic E-state index is 11.1. The van der Waals surface area contributed by atoms with E-state index in [1.165, 1.54) is 7.11 Å². The number of carboxylic acids is 1. The fourth-order valence-corrected chi connectivity index (χ4v) is 3.73. The van der Waals surface area contributed by atoms with E-state index in [9.17, 15) is 4.79 Å². The molecule has 0 aliphatic heterocycles. The summed E-state index contributed by atoms with van der Waals surface area (Å²) in [5, 5.41) is 9.45. The number of nitrogens with zero attached hydrogens (tertiary/aromatic N) is 5. The van der Waals surface area contributed by atoms with E-state index in [2.05, 4.69) is 19.9 Å². The van der Waals surface area contributed by atoms with Crippen LogP contribution in [0.15, 0.2) is 36.7 Å². The van der Waals surface area contributed by atoms with Crippen molar-refractivity contribution in [1.29, 1.82) is 0 Å². The van der Waals surface area contributed by atoms with E-state index in [1.54, 1.807) is 30.6 Å². The average Bonchev–Trinajstić information content (AvgIpc) is 2.76. The molecule has 1 aliphatic carbocycles. The highest BCUT2D eigenvalue weighted by Crippen LogP contribution is 2.34. The number of ether oxygens (including phenoxy) is 2. The van der Waals surface area contributed by atoms with Crippen molar-refractivity contribution in [2.45, 2.75) is 38.6 Å². The topological polar surface area (TPSA) is 111 Å². The summed E-state index contributed by atoms with van der Waals surface area (Å²) in [7, 11) is 1.54. The van der Waals surface area contributed by atoms with Gasteiger partial charge in [0.05, 0.1) is 30.5 Å². The second kappa shape index (κ2) is 9.99. The normalized spacial score (nSPS) is 13.3. The molecule has 9 nitrogen and oxygen atoms in total. The molecule has 1 aliphatic rings. The third kappa shape index (κ3) is 5.31. The Bertz CT molecular complexity index is 1160. The molecule has 1 saturated carbocycles. The minimum Gasteiger partial charge on any atom is -0.481 e. The van der Waals surface area contributed by atoms with E-state index in [-0.39, 0.29) is 12.5 Å². The van der Waals surface area contributed by atoms with Crippen LogP contribution in [0.1, 0.15) is 31.4 Å². The van der Waals surface area contributed by atoms with E-state index in [0.29, 0.717) is 52.0 Å². The number of hydrogen-bond donors (Lipinski definition) is 1. The monoisotopic (exact) mass is 469 g/mol. The van der Waals surface area contributed by atoms with Crippen LogP contribution in [0.25, 0.3) is 11.3 Å². The summed E-state index contributed by atoms with van der Waals surface area (Å²) in [5.74, 6) is 1.14. The number of aliphatic carboxylic acids is 1. The van der Waals surface area contributed by atoms with E-state index in [4.69, 9.17) is 26.2 Å². The van der Waals surface area contributed by atoms with Gasteiger partial charge in [0.15, 0.2) is 0 Å². The lowest BCUT2D eigenvalue weighted by Gasteiger charge is -2.37. The first-order valence-electron chi connectivity index (χ1n) is 10.6. The molecule has 1 fully saturated rings. The summed E-state index contributed by atoms with van der Waals surface area (Å²) in [4.78, 5) is 30.8. The molecule has 172 valence electrons. The van der Waals surface area contributed by atoms with Gasteiger partial charge >= 0.3 is 5.97 Å². The second-order valence-electron chi connectivity index (χ2n) is 7.71. The summed E-state index contributed by atoms with van der Waals surface area (Å²) >= 11 is 5.93. The summed E-state index contributed by atoms with van der Waals surface area (Å²) in [6, 6.07) is 7.21. The predicted octanol–water partition coefficient (Wildman–Crippen LogP) is 4.53. The van der Waals surface area contributed by atoms with E-state index in [1.807, 2.05) is 17.9 Å². The Kier molecular flexibility index (Phi) is 6.88. The SMILES string of the molecule is COc1nc(N(CCC(=O)O)C2CCC2)ncc1-c1ccc(Oc2ccnc(Cl)c2)c(C)n1. The molecule has 0 saturated heterocycles. The lowest BCUT2D eigenvalue weighted by molar-refractivity contribution is -0.136. The van der Waals surface area contributed by atoms with Gasteiger partial charge in [0, 0.05) is 31.0 Å². The number of rotatable bonds is 9. The Morgan fingerprint density at radius 3 is 2.70 bits per heavy atom. The number of aryl methyl sites for hydroxylation is 1. The number of pyridine rings is 2. The van der Waals surface area contributed by atoms with Crippen LogP contribution < -0.4 is 14.4 Å². The van der Waals surface area contributed by atoms with E-state index < -0.39 is 5.97 Å². The van der Waals surface area contributed by atoms with Crippen molar-refractivity contribution in [1.82, 2.24) is 19.9 Å². The van der Waals surface area contributed by atoms with Crippen LogP contribution in [-0.2, 0) is 4.79 Å². The minimum absolute atomic E-state index is 0.0226. The van der Waals surface area contributed by atoms with Crippen molar-refractivity contribution in [2.75, 3.05) is 18.6 Å². The Balaban J connectivity index is 1.59. The third-order valence-corrected chi connectivity index (χ3v) is 5.72. The van der Waals surface area contributed by atoms with E-state index >= 15 is 0 Å². The summed E-state index contributed by atoms with van der Waals surface area (Å²) in [6.45, 7) is 2.19. The predicted molar refractivity (Wildman–Crippen MR) is 123 cm³/mol. The highest BCUT2D eigenvalue weighted by molar-refractivity contribution is 6.29. The van der Waals surface area contributed by atoms with Crippen molar-refractivity contribution in [3.05, 3.63) is 47.5 Å². The molecule has 3 aromatic rings. The zero-order valence-corrected chi connectivity index (χ0v) is 19.1. The minimum atomic E-state index is -0.848. The van der Waals surface area contributed by atoms with Crippen LogP contribution in [0.3, 0.4) is 0 Å². The zero-order chi connectivity index (χ0) is 23.4. The van der Waals surface area contributed by atoms with Gasteiger partial charge in [0.2, 0.25) is 11.8 Å². The first-order chi connectivity index (χ1) is 15.9. The smallest absolute Gasteiger partial charge is 0.305 e. The van der Waals surface area contributed by atoms with Crippen LogP contribution in [-0.4, -0.2) is 50.7 Å². The Morgan fingerprint density at radius 1 is 1.24 bits per heavy atom. The van der Waals surface area contributed by atoms with Crippen molar-refractivity contribution in [3.63, 3.8) is 0 Å². The van der Waals surface area contributed by atoms with Gasteiger partial charge in [0.1, 0.15) is 16.7 Å². The molecule has 0 aromatic carbocycles. The molecule has 0 spiro atoms. The molecule has 0 atom stereocenters. The van der Waals surface area contributed by atoms with Crippen molar-refractivity contribution < 1.29 is 19.4 Å². The number of aromatic nitrogens is 4. The molecule has 3 aromatic heterocycles. The number of carbonyl (C=O) groups is 1. The highest BCUT2D eigenvalue weighted by Gasteiger charge is 2.28. The quantitative estimate of drug-likeness (QED) is 0.451. The molecule has 3 heterocycles. The Morgan fingerprint density at radius 2 is 2.06 bits per heavy atom. The van der Waals surface area contributed by atoms with Crippen LogP contribution >= 0.6 is 11.6 Å². The fraction of sp³-hybridized carbons (Fsp3) is 0.348. The van der Waals surface area contributed by atoms with Gasteiger partial charge in [-0.3, -0.25) is 4.79 Å². The lowest BCUT2D eigenvalue weighted by atomic mass is 9.91.